The van der Waals surface area contributed by atoms with Crippen LogP contribution < -0.4 is 14.8 Å². The Morgan fingerprint density at radius 1 is 1.04 bits per heavy atom. The molecule has 1 N–H and O–H groups in total. The topological polar surface area (TPSA) is 73.9 Å². The highest BCUT2D eigenvalue weighted by molar-refractivity contribution is 6.30. The van der Waals surface area contributed by atoms with Gasteiger partial charge in [-0.25, -0.2) is 4.79 Å². The van der Waals surface area contributed by atoms with Crippen LogP contribution in [0.4, 0.5) is 0 Å². The molecule has 0 fully saturated rings. The maximum absolute atomic E-state index is 12.2. The number of carbonyl (C=O) groups excluding carboxylic acids is 2. The van der Waals surface area contributed by atoms with Crippen molar-refractivity contribution in [3.63, 3.8) is 0 Å². The molecule has 2 aromatic rings. The fourth-order valence-corrected chi connectivity index (χ4v) is 2.43. The van der Waals surface area contributed by atoms with Gasteiger partial charge in [0.05, 0.1) is 14.2 Å². The molecule has 0 spiro atoms. The second-order valence-corrected chi connectivity index (χ2v) is 5.78. The minimum atomic E-state index is -0.659. The third kappa shape index (κ3) is 5.39. The van der Waals surface area contributed by atoms with Crippen LogP contribution >= 0.6 is 11.6 Å². The normalized spacial score (nSPS) is 10.1. The van der Waals surface area contributed by atoms with Crippen molar-refractivity contribution in [2.45, 2.75) is 6.42 Å². The van der Waals surface area contributed by atoms with E-state index in [-0.39, 0.29) is 23.8 Å². The lowest BCUT2D eigenvalue weighted by Crippen LogP contribution is -2.30. The number of amides is 1. The number of para-hydroxylation sites is 1. The summed E-state index contributed by atoms with van der Waals surface area (Å²) in [6.07, 6.45) is 0.653. The Labute approximate surface area is 157 Å². The van der Waals surface area contributed by atoms with E-state index >= 15 is 0 Å². The standard InChI is InChI=1S/C19H20ClNO5/c1-24-16-5-3-4-15(18(16)25-2)19(23)26-12-17(22)21-11-10-13-6-8-14(20)9-7-13/h3-9H,10-12H2,1-2H3,(H,21,22). The molecule has 0 heterocycles. The Bertz CT molecular complexity index is 761. The molecular weight excluding hydrogens is 358 g/mol. The van der Waals surface area contributed by atoms with Crippen LogP contribution in [0.5, 0.6) is 11.5 Å². The summed E-state index contributed by atoms with van der Waals surface area (Å²) in [6, 6.07) is 12.2. The Morgan fingerprint density at radius 3 is 2.42 bits per heavy atom. The van der Waals surface area contributed by atoms with Crippen molar-refractivity contribution in [2.75, 3.05) is 27.4 Å². The molecule has 2 rings (SSSR count). The van der Waals surface area contributed by atoms with Crippen molar-refractivity contribution in [1.29, 1.82) is 0 Å². The Kier molecular flexibility index (Phi) is 7.29. The van der Waals surface area contributed by atoms with Crippen LogP contribution in [0.25, 0.3) is 0 Å². The van der Waals surface area contributed by atoms with Crippen LogP contribution in [-0.2, 0) is 16.0 Å². The first-order valence-electron chi connectivity index (χ1n) is 7.94. The summed E-state index contributed by atoms with van der Waals surface area (Å²) in [5.74, 6) is -0.361. The van der Waals surface area contributed by atoms with Crippen molar-refractivity contribution >= 4 is 23.5 Å². The van der Waals surface area contributed by atoms with E-state index in [9.17, 15) is 9.59 Å². The molecule has 6 nitrogen and oxygen atoms in total. The number of halogens is 1. The van der Waals surface area contributed by atoms with Crippen molar-refractivity contribution in [3.05, 3.63) is 58.6 Å². The Hall–Kier alpha value is -2.73. The summed E-state index contributed by atoms with van der Waals surface area (Å²) < 4.78 is 15.4. The van der Waals surface area contributed by atoms with E-state index in [1.165, 1.54) is 14.2 Å². The maximum atomic E-state index is 12.2. The summed E-state index contributed by atoms with van der Waals surface area (Å²) in [7, 11) is 2.90. The highest BCUT2D eigenvalue weighted by Crippen LogP contribution is 2.31. The van der Waals surface area contributed by atoms with Crippen molar-refractivity contribution in [3.8, 4) is 11.5 Å². The number of benzene rings is 2. The predicted molar refractivity (Wildman–Crippen MR) is 98.0 cm³/mol. The van der Waals surface area contributed by atoms with Gasteiger partial charge in [-0.15, -0.1) is 0 Å². The van der Waals surface area contributed by atoms with Gasteiger partial charge in [-0.05, 0) is 36.2 Å². The minimum absolute atomic E-state index is 0.195. The van der Waals surface area contributed by atoms with Gasteiger partial charge in [0, 0.05) is 11.6 Å². The van der Waals surface area contributed by atoms with Crippen molar-refractivity contribution < 1.29 is 23.8 Å². The van der Waals surface area contributed by atoms with Gasteiger partial charge in [-0.3, -0.25) is 4.79 Å². The van der Waals surface area contributed by atoms with E-state index < -0.39 is 5.97 Å². The fourth-order valence-electron chi connectivity index (χ4n) is 2.31. The van der Waals surface area contributed by atoms with Gasteiger partial charge in [0.1, 0.15) is 5.56 Å². The van der Waals surface area contributed by atoms with E-state index in [4.69, 9.17) is 25.8 Å². The quantitative estimate of drug-likeness (QED) is 0.716. The predicted octanol–water partition coefficient (Wildman–Crippen LogP) is 2.87. The molecule has 0 unspecified atom stereocenters. The fraction of sp³-hybridized carbons (Fsp3) is 0.263. The zero-order chi connectivity index (χ0) is 18.9. The average molecular weight is 378 g/mol. The van der Waals surface area contributed by atoms with Gasteiger partial charge in [0.25, 0.3) is 5.91 Å². The molecule has 0 atom stereocenters. The number of hydrogen-bond donors (Lipinski definition) is 1. The molecule has 0 saturated heterocycles. The molecule has 138 valence electrons. The molecule has 0 aliphatic carbocycles. The Balaban J connectivity index is 1.81. The molecule has 7 heteroatoms. The zero-order valence-electron chi connectivity index (χ0n) is 14.6. The summed E-state index contributed by atoms with van der Waals surface area (Å²) in [6.45, 7) is 0.0559. The summed E-state index contributed by atoms with van der Waals surface area (Å²) in [5, 5.41) is 3.36. The third-order valence-corrected chi connectivity index (χ3v) is 3.86. The highest BCUT2D eigenvalue weighted by Gasteiger charge is 2.18. The second kappa shape index (κ2) is 9.68. The molecule has 1 amide bonds. The zero-order valence-corrected chi connectivity index (χ0v) is 15.3. The molecule has 26 heavy (non-hydrogen) atoms. The van der Waals surface area contributed by atoms with E-state index in [1.807, 2.05) is 12.1 Å². The van der Waals surface area contributed by atoms with E-state index in [0.717, 1.165) is 5.56 Å². The van der Waals surface area contributed by atoms with Gasteiger partial charge in [0.15, 0.2) is 18.1 Å². The SMILES string of the molecule is COc1cccc(C(=O)OCC(=O)NCCc2ccc(Cl)cc2)c1OC. The smallest absolute Gasteiger partial charge is 0.342 e. The maximum Gasteiger partial charge on any atom is 0.342 e. The van der Waals surface area contributed by atoms with E-state index in [0.29, 0.717) is 23.7 Å². The monoisotopic (exact) mass is 377 g/mol. The number of nitrogens with one attached hydrogen (secondary N) is 1. The summed E-state index contributed by atoms with van der Waals surface area (Å²) >= 11 is 5.82. The molecule has 0 saturated carbocycles. The average Bonchev–Trinajstić information content (AvgIpc) is 2.66. The van der Waals surface area contributed by atoms with E-state index in [2.05, 4.69) is 5.32 Å². The molecule has 0 aliphatic rings. The van der Waals surface area contributed by atoms with Crippen LogP contribution in [0.1, 0.15) is 15.9 Å². The highest BCUT2D eigenvalue weighted by atomic mass is 35.5. The number of ether oxygens (including phenoxy) is 3. The van der Waals surface area contributed by atoms with Crippen LogP contribution in [0.15, 0.2) is 42.5 Å². The van der Waals surface area contributed by atoms with Crippen LogP contribution in [0.2, 0.25) is 5.02 Å². The second-order valence-electron chi connectivity index (χ2n) is 5.34. The summed E-state index contributed by atoms with van der Waals surface area (Å²) in [4.78, 5) is 24.0. The molecule has 0 aromatic heterocycles. The molecule has 0 aliphatic heterocycles. The van der Waals surface area contributed by atoms with Crippen molar-refractivity contribution in [2.24, 2.45) is 0 Å². The van der Waals surface area contributed by atoms with Gasteiger partial charge >= 0.3 is 5.97 Å². The van der Waals surface area contributed by atoms with E-state index in [1.54, 1.807) is 30.3 Å². The number of esters is 1. The minimum Gasteiger partial charge on any atom is -0.493 e. The number of methoxy groups -OCH3 is 2. The third-order valence-electron chi connectivity index (χ3n) is 3.61. The van der Waals surface area contributed by atoms with Crippen LogP contribution in [-0.4, -0.2) is 39.2 Å². The molecular formula is C19H20ClNO5. The van der Waals surface area contributed by atoms with Gasteiger partial charge in [-0.2, -0.15) is 0 Å². The summed E-state index contributed by atoms with van der Waals surface area (Å²) in [5.41, 5.74) is 1.24. The first kappa shape index (κ1) is 19.6. The Morgan fingerprint density at radius 2 is 1.77 bits per heavy atom. The van der Waals surface area contributed by atoms with Gasteiger partial charge in [-0.1, -0.05) is 29.8 Å². The van der Waals surface area contributed by atoms with Crippen molar-refractivity contribution in [1.82, 2.24) is 5.32 Å². The largest absolute Gasteiger partial charge is 0.493 e. The number of rotatable bonds is 8. The van der Waals surface area contributed by atoms with Gasteiger partial charge in [0.2, 0.25) is 0 Å². The molecule has 0 radical (unpaired) electrons. The number of hydrogen-bond acceptors (Lipinski definition) is 5. The first-order chi connectivity index (χ1) is 12.5. The molecule has 0 bridgehead atoms. The first-order valence-corrected chi connectivity index (χ1v) is 8.32. The lowest BCUT2D eigenvalue weighted by Gasteiger charge is -2.12. The van der Waals surface area contributed by atoms with Crippen LogP contribution in [0.3, 0.4) is 0 Å². The lowest BCUT2D eigenvalue weighted by atomic mass is 10.1. The lowest BCUT2D eigenvalue weighted by molar-refractivity contribution is -0.124. The van der Waals surface area contributed by atoms with Gasteiger partial charge < -0.3 is 19.5 Å². The van der Waals surface area contributed by atoms with Crippen LogP contribution in [0, 0.1) is 0 Å². The number of carbonyl (C=O) groups is 2. The molecule has 2 aromatic carbocycles.